The van der Waals surface area contributed by atoms with Crippen LogP contribution >= 0.6 is 0 Å². The Morgan fingerprint density at radius 1 is 0.808 bits per heavy atom. The van der Waals surface area contributed by atoms with Gasteiger partial charge < -0.3 is 29.9 Å². The first-order valence-electron chi connectivity index (χ1n) is 8.39. The predicted octanol–water partition coefficient (Wildman–Crippen LogP) is 1.04. The zero-order chi connectivity index (χ0) is 18.5. The normalized spacial score (nSPS) is 29.0. The zero-order valence-electron chi connectivity index (χ0n) is 14.1. The molecule has 0 bridgehead atoms. The Hall–Kier alpha value is -2.22. The molecule has 2 aromatic rings. The molecule has 6 nitrogen and oxygen atoms in total. The van der Waals surface area contributed by atoms with Gasteiger partial charge in [-0.3, -0.25) is 0 Å². The maximum Gasteiger partial charge on any atom is 0.229 e. The van der Waals surface area contributed by atoms with E-state index in [0.29, 0.717) is 5.75 Å². The lowest BCUT2D eigenvalue weighted by molar-refractivity contribution is -0.277. The number of hydrogen-bond donors (Lipinski definition) is 4. The monoisotopic (exact) mass is 358 g/mol. The van der Waals surface area contributed by atoms with Gasteiger partial charge in [-0.25, -0.2) is 0 Å². The molecule has 1 fully saturated rings. The summed E-state index contributed by atoms with van der Waals surface area (Å²) < 4.78 is 10.9. The van der Waals surface area contributed by atoms with E-state index in [4.69, 9.17) is 9.47 Å². The third kappa shape index (κ3) is 4.30. The maximum absolute atomic E-state index is 9.99. The Balaban J connectivity index is 1.64. The van der Waals surface area contributed by atoms with Crippen LogP contribution in [0.2, 0.25) is 0 Å². The molecule has 1 aliphatic heterocycles. The van der Waals surface area contributed by atoms with E-state index in [1.807, 2.05) is 54.6 Å². The van der Waals surface area contributed by atoms with Crippen molar-refractivity contribution in [3.05, 3.63) is 65.7 Å². The first kappa shape index (κ1) is 18.6. The SMILES string of the molecule is OCC1O[C@@H](Oc2ccc(/C=C/c3ccccc3)cc2)C(O)C(O)[C@@H]1O. The van der Waals surface area contributed by atoms with E-state index in [-0.39, 0.29) is 0 Å². The lowest BCUT2D eigenvalue weighted by Gasteiger charge is -2.39. The van der Waals surface area contributed by atoms with Crippen LogP contribution in [0.25, 0.3) is 12.2 Å². The number of aliphatic hydroxyl groups excluding tert-OH is 4. The Bertz CT molecular complexity index is 713. The minimum atomic E-state index is -1.46. The summed E-state index contributed by atoms with van der Waals surface area (Å²) in [6, 6.07) is 17.0. The number of ether oxygens (including phenoxy) is 2. The fraction of sp³-hybridized carbons (Fsp3) is 0.300. The Morgan fingerprint density at radius 3 is 2.04 bits per heavy atom. The van der Waals surface area contributed by atoms with Crippen LogP contribution in [-0.4, -0.2) is 57.7 Å². The van der Waals surface area contributed by atoms with E-state index in [2.05, 4.69) is 0 Å². The van der Waals surface area contributed by atoms with Crippen LogP contribution in [0.5, 0.6) is 5.75 Å². The van der Waals surface area contributed by atoms with Gasteiger partial charge in [0, 0.05) is 0 Å². The van der Waals surface area contributed by atoms with Crippen LogP contribution < -0.4 is 4.74 Å². The molecule has 0 amide bonds. The Kier molecular flexibility index (Phi) is 6.03. The van der Waals surface area contributed by atoms with Crippen LogP contribution in [0.15, 0.2) is 54.6 Å². The molecule has 1 saturated heterocycles. The third-order valence-electron chi connectivity index (χ3n) is 4.25. The molecule has 3 rings (SSSR count). The molecule has 3 unspecified atom stereocenters. The summed E-state index contributed by atoms with van der Waals surface area (Å²) in [6.45, 7) is -0.492. The average Bonchev–Trinajstić information content (AvgIpc) is 2.68. The van der Waals surface area contributed by atoms with E-state index >= 15 is 0 Å². The molecule has 0 aromatic heterocycles. The molecular weight excluding hydrogens is 336 g/mol. The fourth-order valence-corrected chi connectivity index (χ4v) is 2.71. The molecule has 4 N–H and O–H groups in total. The standard InChI is InChI=1S/C20H22O6/c21-12-16-17(22)18(23)19(24)20(26-16)25-15-10-8-14(9-11-15)7-6-13-4-2-1-3-5-13/h1-11,16-24H,12H2/b7-6+/t16?,17-,18?,19?,20-/m1/s1. The molecule has 0 radical (unpaired) electrons. The molecule has 1 aliphatic rings. The van der Waals surface area contributed by atoms with E-state index in [9.17, 15) is 20.4 Å². The molecule has 5 atom stereocenters. The van der Waals surface area contributed by atoms with Crippen molar-refractivity contribution < 1.29 is 29.9 Å². The van der Waals surface area contributed by atoms with Gasteiger partial charge >= 0.3 is 0 Å². The molecule has 2 aromatic carbocycles. The maximum atomic E-state index is 9.99. The molecule has 0 spiro atoms. The molecule has 26 heavy (non-hydrogen) atoms. The number of rotatable bonds is 5. The quantitative estimate of drug-likeness (QED) is 0.596. The van der Waals surface area contributed by atoms with Gasteiger partial charge in [0.1, 0.15) is 30.2 Å². The Labute approximate surface area is 151 Å². The van der Waals surface area contributed by atoms with Crippen molar-refractivity contribution in [3.8, 4) is 5.75 Å². The van der Waals surface area contributed by atoms with Crippen molar-refractivity contribution >= 4 is 12.2 Å². The molecule has 138 valence electrons. The highest BCUT2D eigenvalue weighted by Gasteiger charge is 2.44. The van der Waals surface area contributed by atoms with Gasteiger partial charge in [-0.1, -0.05) is 54.6 Å². The fourth-order valence-electron chi connectivity index (χ4n) is 2.71. The highest BCUT2D eigenvalue weighted by Crippen LogP contribution is 2.24. The number of benzene rings is 2. The average molecular weight is 358 g/mol. The van der Waals surface area contributed by atoms with Gasteiger partial charge in [-0.15, -0.1) is 0 Å². The zero-order valence-corrected chi connectivity index (χ0v) is 14.1. The van der Waals surface area contributed by atoms with E-state index < -0.39 is 37.3 Å². The summed E-state index contributed by atoms with van der Waals surface area (Å²) in [5.74, 6) is 0.436. The second kappa shape index (κ2) is 8.44. The van der Waals surface area contributed by atoms with Crippen LogP contribution in [-0.2, 0) is 4.74 Å². The summed E-state index contributed by atoms with van der Waals surface area (Å²) in [6.07, 6.45) is -2.51. The van der Waals surface area contributed by atoms with Crippen molar-refractivity contribution in [2.75, 3.05) is 6.61 Å². The molecule has 1 heterocycles. The highest BCUT2D eigenvalue weighted by molar-refractivity contribution is 5.69. The van der Waals surface area contributed by atoms with E-state index in [0.717, 1.165) is 11.1 Å². The van der Waals surface area contributed by atoms with Gasteiger partial charge in [-0.2, -0.15) is 0 Å². The van der Waals surface area contributed by atoms with Gasteiger partial charge in [0.2, 0.25) is 6.29 Å². The molecule has 0 saturated carbocycles. The molecule has 6 heteroatoms. The van der Waals surface area contributed by atoms with Gasteiger partial charge in [0.05, 0.1) is 6.61 Å². The predicted molar refractivity (Wildman–Crippen MR) is 96.2 cm³/mol. The van der Waals surface area contributed by atoms with Crippen molar-refractivity contribution in [3.63, 3.8) is 0 Å². The topological polar surface area (TPSA) is 99.4 Å². The lowest BCUT2D eigenvalue weighted by atomic mass is 9.99. The van der Waals surface area contributed by atoms with Gasteiger partial charge in [0.15, 0.2) is 0 Å². The van der Waals surface area contributed by atoms with Crippen molar-refractivity contribution in [1.29, 1.82) is 0 Å². The summed E-state index contributed by atoms with van der Waals surface area (Å²) in [7, 11) is 0. The second-order valence-corrected chi connectivity index (χ2v) is 6.13. The molecular formula is C20H22O6. The summed E-state index contributed by atoms with van der Waals surface area (Å²) >= 11 is 0. The third-order valence-corrected chi connectivity index (χ3v) is 4.25. The van der Waals surface area contributed by atoms with Crippen LogP contribution in [0.4, 0.5) is 0 Å². The highest BCUT2D eigenvalue weighted by atomic mass is 16.7. The smallest absolute Gasteiger partial charge is 0.229 e. The van der Waals surface area contributed by atoms with Crippen LogP contribution in [0, 0.1) is 0 Å². The minimum absolute atomic E-state index is 0.436. The second-order valence-electron chi connectivity index (χ2n) is 6.13. The summed E-state index contributed by atoms with van der Waals surface area (Å²) in [5, 5.41) is 38.8. The van der Waals surface area contributed by atoms with E-state index in [1.54, 1.807) is 12.1 Å². The summed E-state index contributed by atoms with van der Waals surface area (Å²) in [4.78, 5) is 0. The van der Waals surface area contributed by atoms with Crippen LogP contribution in [0.1, 0.15) is 11.1 Å². The first-order valence-corrected chi connectivity index (χ1v) is 8.39. The van der Waals surface area contributed by atoms with E-state index in [1.165, 1.54) is 0 Å². The van der Waals surface area contributed by atoms with Gasteiger partial charge in [-0.05, 0) is 23.3 Å². The first-order chi connectivity index (χ1) is 12.6. The Morgan fingerprint density at radius 2 is 1.42 bits per heavy atom. The lowest BCUT2D eigenvalue weighted by Crippen LogP contribution is -2.60. The number of hydrogen-bond acceptors (Lipinski definition) is 6. The van der Waals surface area contributed by atoms with Crippen molar-refractivity contribution in [2.45, 2.75) is 30.7 Å². The van der Waals surface area contributed by atoms with Crippen molar-refractivity contribution in [2.24, 2.45) is 0 Å². The summed E-state index contributed by atoms with van der Waals surface area (Å²) in [5.41, 5.74) is 2.06. The van der Waals surface area contributed by atoms with Crippen molar-refractivity contribution in [1.82, 2.24) is 0 Å². The minimum Gasteiger partial charge on any atom is -0.462 e. The van der Waals surface area contributed by atoms with Crippen LogP contribution in [0.3, 0.4) is 0 Å². The molecule has 0 aliphatic carbocycles. The number of aliphatic hydroxyl groups is 4. The van der Waals surface area contributed by atoms with Gasteiger partial charge in [0.25, 0.3) is 0 Å². The largest absolute Gasteiger partial charge is 0.462 e.